The molecule has 12 rings (SSSR count). The summed E-state index contributed by atoms with van der Waals surface area (Å²) in [5.74, 6) is -12.3. The van der Waals surface area contributed by atoms with Crippen LogP contribution in [0, 0.1) is 40.7 Å². The average Bonchev–Trinajstić information content (AvgIpc) is 1.74. The molecule has 23 nitrogen and oxygen atoms in total. The van der Waals surface area contributed by atoms with E-state index in [1.165, 1.54) is 62.2 Å². The quantitative estimate of drug-likeness (QED) is 0.0466. The third-order valence-corrected chi connectivity index (χ3v) is 21.1. The first-order valence-corrected chi connectivity index (χ1v) is 32.4. The molecule has 9 aromatic rings. The highest BCUT2D eigenvalue weighted by molar-refractivity contribution is 7.90. The Labute approximate surface area is 528 Å². The van der Waals surface area contributed by atoms with Gasteiger partial charge in [-0.1, -0.05) is 11.6 Å². The van der Waals surface area contributed by atoms with Gasteiger partial charge in [0.05, 0.1) is 62.4 Å². The number of fused-ring (bicyclic) bond motifs is 3. The number of aryl methyl sites for hydroxylation is 2. The average molecular weight is 1380 g/mol. The van der Waals surface area contributed by atoms with Crippen molar-refractivity contribution >= 4 is 109 Å². The van der Waals surface area contributed by atoms with Gasteiger partial charge in [-0.25, -0.2) is 70.3 Å². The van der Waals surface area contributed by atoms with Gasteiger partial charge in [-0.05, 0) is 79.9 Å². The van der Waals surface area contributed by atoms with Crippen molar-refractivity contribution in [3.63, 3.8) is 0 Å². The van der Waals surface area contributed by atoms with Gasteiger partial charge in [0.2, 0.25) is 30.1 Å². The van der Waals surface area contributed by atoms with Gasteiger partial charge in [0.25, 0.3) is 17.7 Å². The molecule has 3 unspecified atom stereocenters. The molecule has 0 bridgehead atoms. The topological polar surface area (TPSA) is 312 Å². The van der Waals surface area contributed by atoms with E-state index < -0.39 is 126 Å². The second-order valence-electron chi connectivity index (χ2n) is 21.7. The molecule has 7 N–H and O–H groups in total. The van der Waals surface area contributed by atoms with Gasteiger partial charge < -0.3 is 45.4 Å². The van der Waals surface area contributed by atoms with Crippen LogP contribution >= 0.6 is 11.6 Å². The summed E-state index contributed by atoms with van der Waals surface area (Å²) in [5, 5.41) is 36.2. The number of aliphatic hydroxyl groups excluding tert-OH is 3. The lowest BCUT2D eigenvalue weighted by Gasteiger charge is -2.29. The molecule has 0 saturated carbocycles. The van der Waals surface area contributed by atoms with Crippen LogP contribution in [0.4, 0.5) is 52.2 Å². The van der Waals surface area contributed by atoms with E-state index in [1.807, 2.05) is 0 Å². The van der Waals surface area contributed by atoms with Gasteiger partial charge in [0, 0.05) is 117 Å². The summed E-state index contributed by atoms with van der Waals surface area (Å²) < 4.78 is 192. The summed E-state index contributed by atoms with van der Waals surface area (Å²) in [6.45, 7) is -0.572. The van der Waals surface area contributed by atoms with E-state index in [0.29, 0.717) is 47.1 Å². The number of β-amino-alcohol motifs (C(OH)–C–C–N with tert-alkyl or cyclic N) is 2. The van der Waals surface area contributed by atoms with E-state index in [4.69, 9.17) is 11.6 Å². The fourth-order valence-corrected chi connectivity index (χ4v) is 15.6. The number of benzene rings is 6. The number of nitrogens with zero attached hydrogens (tertiary/aromatic N) is 7. The number of halogens is 9. The lowest BCUT2D eigenvalue weighted by molar-refractivity contribution is 0.101. The van der Waals surface area contributed by atoms with Crippen molar-refractivity contribution in [1.82, 2.24) is 37.0 Å². The Kier molecular flexibility index (Phi) is 19.2. The number of carbonyl (C=O) groups excluding carboxylic acids is 3. The van der Waals surface area contributed by atoms with Crippen molar-refractivity contribution in [1.29, 1.82) is 0 Å². The summed E-state index contributed by atoms with van der Waals surface area (Å²) >= 11 is 5.73. The molecule has 3 fully saturated rings. The summed E-state index contributed by atoms with van der Waals surface area (Å²) in [4.78, 5) is 48.8. The number of alkyl halides is 1. The number of amides is 3. The number of aromatic nitrogens is 5. The number of nitrogens with one attached hydrogen (secondary N) is 4. The van der Waals surface area contributed by atoms with Crippen molar-refractivity contribution in [3.05, 3.63) is 166 Å². The predicted molar refractivity (Wildman–Crippen MR) is 321 cm³/mol. The molecule has 6 heterocycles. The SMILES string of the molecule is Cn1ccc2cc(S(=O)(=O)N3CC(O)C(F)C3)cc(C(=O)Nc3cc(F)c(F)c(F)c3)c21.Cn1cnc2cc(C(=O)Nc3cc(F)c(F)c(F)c3)cc(S(=O)(=O)N3CCC(O)CC3)c21.O=C(Nc1ccc(F)c(Cl)c1)c1cc(S(=O)(=O)N2CCC(O)C2)c2nc[nH]c2c1. The van der Waals surface area contributed by atoms with Crippen LogP contribution < -0.4 is 16.0 Å². The highest BCUT2D eigenvalue weighted by Crippen LogP contribution is 2.34. The zero-order valence-corrected chi connectivity index (χ0v) is 51.5. The van der Waals surface area contributed by atoms with Crippen LogP contribution in [-0.4, -0.2) is 159 Å². The first kappa shape index (κ1) is 67.4. The molecule has 3 aliphatic rings. The van der Waals surface area contributed by atoms with Crippen LogP contribution in [0.15, 0.2) is 118 Å². The van der Waals surface area contributed by atoms with Crippen LogP contribution in [-0.2, 0) is 44.2 Å². The van der Waals surface area contributed by atoms with Crippen LogP contribution in [0.3, 0.4) is 0 Å². The van der Waals surface area contributed by atoms with Gasteiger partial charge in [-0.2, -0.15) is 12.9 Å². The van der Waals surface area contributed by atoms with Crippen LogP contribution in [0.5, 0.6) is 0 Å². The maximum absolute atomic E-state index is 13.7. The summed E-state index contributed by atoms with van der Waals surface area (Å²) in [5.41, 5.74) is 0.784. The third kappa shape index (κ3) is 14.0. The maximum atomic E-state index is 13.7. The predicted octanol–water partition coefficient (Wildman–Crippen LogP) is 7.30. The van der Waals surface area contributed by atoms with E-state index in [-0.39, 0.29) is 109 Å². The number of piperidine rings is 1. The van der Waals surface area contributed by atoms with Gasteiger partial charge in [0.1, 0.15) is 33.4 Å². The molecule has 3 saturated heterocycles. The van der Waals surface area contributed by atoms with Crippen molar-refractivity contribution < 1.29 is 90.1 Å². The summed E-state index contributed by atoms with van der Waals surface area (Å²) in [6, 6.07) is 15.3. The number of aromatic amines is 1. The molecule has 3 aromatic heterocycles. The number of hydrogen-bond donors (Lipinski definition) is 7. The lowest BCUT2D eigenvalue weighted by Crippen LogP contribution is -2.40. The number of sulfonamides is 3. The number of hydrogen-bond acceptors (Lipinski definition) is 14. The minimum absolute atomic E-state index is 0.0151. The first-order chi connectivity index (χ1) is 43.8. The van der Waals surface area contributed by atoms with Gasteiger partial charge in [0.15, 0.2) is 34.9 Å². The van der Waals surface area contributed by atoms with E-state index in [9.17, 15) is 90.1 Å². The number of imidazole rings is 2. The Balaban J connectivity index is 0.000000153. The van der Waals surface area contributed by atoms with Crippen molar-refractivity contribution in [2.24, 2.45) is 14.1 Å². The van der Waals surface area contributed by atoms with Crippen molar-refractivity contribution in [2.75, 3.05) is 55.2 Å². The second-order valence-corrected chi connectivity index (χ2v) is 27.8. The van der Waals surface area contributed by atoms with Crippen molar-refractivity contribution in [3.8, 4) is 0 Å². The molecule has 93 heavy (non-hydrogen) atoms. The second kappa shape index (κ2) is 26.5. The van der Waals surface area contributed by atoms with E-state index in [0.717, 1.165) is 22.5 Å². The number of rotatable bonds is 12. The van der Waals surface area contributed by atoms with Crippen molar-refractivity contribution in [2.45, 2.75) is 58.4 Å². The zero-order valence-electron chi connectivity index (χ0n) is 48.3. The minimum Gasteiger partial charge on any atom is -0.393 e. The normalized spacial score (nSPS) is 17.7. The zero-order chi connectivity index (χ0) is 67.3. The third-order valence-electron chi connectivity index (χ3n) is 15.2. The van der Waals surface area contributed by atoms with Crippen LogP contribution in [0.2, 0.25) is 5.02 Å². The molecule has 0 aliphatic carbocycles. The van der Waals surface area contributed by atoms with E-state index in [2.05, 4.69) is 30.9 Å². The minimum atomic E-state index is -4.26. The Morgan fingerprint density at radius 2 is 1.13 bits per heavy atom. The molecule has 0 spiro atoms. The molecular formula is C58H52ClF8N11O12S3. The molecule has 3 amide bonds. The molecule has 3 atom stereocenters. The fraction of sp³-hybridized carbons (Fsp3) is 0.259. The molecule has 3 aliphatic heterocycles. The smallest absolute Gasteiger partial charge is 0.257 e. The number of anilines is 3. The van der Waals surface area contributed by atoms with Crippen LogP contribution in [0.1, 0.15) is 50.3 Å². The van der Waals surface area contributed by atoms with Gasteiger partial charge >= 0.3 is 0 Å². The molecule has 492 valence electrons. The Bertz CT molecular complexity index is 4770. The van der Waals surface area contributed by atoms with Gasteiger partial charge in [-0.15, -0.1) is 0 Å². The van der Waals surface area contributed by atoms with Gasteiger partial charge in [-0.3, -0.25) is 14.4 Å². The highest BCUT2D eigenvalue weighted by atomic mass is 35.5. The number of aliphatic hydroxyl groups is 3. The largest absolute Gasteiger partial charge is 0.393 e. The molecule has 0 radical (unpaired) electrons. The Morgan fingerprint density at radius 1 is 0.570 bits per heavy atom. The lowest BCUT2D eigenvalue weighted by atomic mass is 10.1. The fourth-order valence-electron chi connectivity index (χ4n) is 10.4. The summed E-state index contributed by atoms with van der Waals surface area (Å²) in [7, 11) is -9.05. The van der Waals surface area contributed by atoms with E-state index >= 15 is 0 Å². The number of H-pyrrole nitrogens is 1. The molecular weight excluding hydrogens is 1330 g/mol. The van der Waals surface area contributed by atoms with Crippen LogP contribution in [0.25, 0.3) is 33.0 Å². The highest BCUT2D eigenvalue weighted by Gasteiger charge is 2.40. The molecule has 35 heteroatoms. The monoisotopic (exact) mass is 1380 g/mol. The number of carbonyl (C=O) groups is 3. The Hall–Kier alpha value is -8.45. The van der Waals surface area contributed by atoms with E-state index in [1.54, 1.807) is 30.9 Å². The maximum Gasteiger partial charge on any atom is 0.257 e. The molecule has 6 aromatic carbocycles. The summed E-state index contributed by atoms with van der Waals surface area (Å²) in [6.07, 6.45) is 0.722. The Morgan fingerprint density at radius 3 is 1.71 bits per heavy atom. The standard InChI is InChI=1S/C20H17F4N3O4S.C20H19F3N4O4S.C18H16ClFN4O4S/c1-26-3-2-10-4-12(32(30,31)27-8-16(23)17(28)9-27)7-13(19(10)26)20(29)25-11-5-14(21)18(24)15(22)6-11;1-26-10-24-16-6-11(20(29)25-12-8-14(21)18(23)15(22)9-12)7-17(19(16)26)32(30,31)27-4-2-13(28)3-5-27;19-13-7-11(1-2-14(13)20)23-18(26)10-5-15-17(22-9-21-15)16(6-10)29(27,28)24-4-3-12(25)8-24/h2-7,16-17,28H,8-9H2,1H3,(H,25,29);6-10,13,28H,2-5H2,1H3,(H,25,29);1-2,5-7,9,12,25H,3-4,8H2,(H,21,22)(H,23,26). The first-order valence-electron chi connectivity index (χ1n) is 27.7.